The van der Waals surface area contributed by atoms with E-state index in [1.54, 1.807) is 0 Å². The molecule has 0 spiro atoms. The van der Waals surface area contributed by atoms with E-state index in [2.05, 4.69) is 0 Å². The van der Waals surface area contributed by atoms with E-state index in [1.807, 2.05) is 30.3 Å². The van der Waals surface area contributed by atoms with Crippen molar-refractivity contribution in [3.05, 3.63) is 35.9 Å². The Labute approximate surface area is 96.9 Å². The molecule has 16 heavy (non-hydrogen) atoms. The van der Waals surface area contributed by atoms with Crippen molar-refractivity contribution in [2.45, 2.75) is 37.8 Å². The summed E-state index contributed by atoms with van der Waals surface area (Å²) in [6, 6.07) is 9.38. The van der Waals surface area contributed by atoms with E-state index in [4.69, 9.17) is 5.73 Å². The highest BCUT2D eigenvalue weighted by atomic mass is 19.1. The monoisotopic (exact) mass is 221 g/mol. The van der Waals surface area contributed by atoms with Crippen LogP contribution in [0.5, 0.6) is 0 Å². The molecule has 1 atom stereocenters. The lowest BCUT2D eigenvalue weighted by Gasteiger charge is -2.27. The molecule has 1 nitrogen and oxygen atoms in total. The first-order valence-corrected chi connectivity index (χ1v) is 6.19. The second kappa shape index (κ2) is 4.96. The molecule has 0 heterocycles. The van der Waals surface area contributed by atoms with Crippen LogP contribution in [0.4, 0.5) is 4.39 Å². The average Bonchev–Trinajstić information content (AvgIpc) is 2.83. The second-order valence-corrected chi connectivity index (χ2v) is 4.89. The fourth-order valence-electron chi connectivity index (χ4n) is 2.73. The largest absolute Gasteiger partial charge is 0.327 e. The summed E-state index contributed by atoms with van der Waals surface area (Å²) in [6.07, 6.45) is 5.42. The SMILES string of the molecule is NCC(F)(CC1CCCC1)c1ccccc1. The Hall–Kier alpha value is -0.890. The van der Waals surface area contributed by atoms with Crippen LogP contribution in [-0.4, -0.2) is 6.54 Å². The van der Waals surface area contributed by atoms with Gasteiger partial charge < -0.3 is 5.73 Å². The van der Waals surface area contributed by atoms with Crippen LogP contribution in [0.1, 0.15) is 37.7 Å². The van der Waals surface area contributed by atoms with E-state index in [1.165, 1.54) is 25.7 Å². The fourth-order valence-corrected chi connectivity index (χ4v) is 2.73. The average molecular weight is 221 g/mol. The molecule has 0 radical (unpaired) electrons. The van der Waals surface area contributed by atoms with Gasteiger partial charge in [0.15, 0.2) is 0 Å². The molecule has 2 rings (SSSR count). The van der Waals surface area contributed by atoms with Crippen LogP contribution in [0.3, 0.4) is 0 Å². The van der Waals surface area contributed by atoms with Crippen LogP contribution in [-0.2, 0) is 5.67 Å². The minimum absolute atomic E-state index is 0.0908. The molecule has 88 valence electrons. The molecule has 1 aromatic rings. The third-order valence-corrected chi connectivity index (χ3v) is 3.70. The van der Waals surface area contributed by atoms with E-state index in [0.29, 0.717) is 12.3 Å². The molecule has 0 aromatic heterocycles. The van der Waals surface area contributed by atoms with Crippen LogP contribution >= 0.6 is 0 Å². The summed E-state index contributed by atoms with van der Waals surface area (Å²) < 4.78 is 14.8. The first-order chi connectivity index (χ1) is 7.74. The zero-order valence-corrected chi connectivity index (χ0v) is 9.66. The Bertz CT molecular complexity index is 319. The maximum atomic E-state index is 14.8. The Morgan fingerprint density at radius 2 is 1.81 bits per heavy atom. The van der Waals surface area contributed by atoms with Gasteiger partial charge in [0.05, 0.1) is 0 Å². The summed E-state index contributed by atoms with van der Waals surface area (Å²) in [5.41, 5.74) is 5.06. The van der Waals surface area contributed by atoms with Crippen LogP contribution in [0.15, 0.2) is 30.3 Å². The predicted molar refractivity (Wildman–Crippen MR) is 64.9 cm³/mol. The minimum Gasteiger partial charge on any atom is -0.327 e. The van der Waals surface area contributed by atoms with E-state index in [9.17, 15) is 4.39 Å². The van der Waals surface area contributed by atoms with Crippen molar-refractivity contribution >= 4 is 0 Å². The molecule has 2 N–H and O–H groups in total. The predicted octanol–water partition coefficient (Wildman–Crippen LogP) is 3.39. The van der Waals surface area contributed by atoms with Gasteiger partial charge in [-0.3, -0.25) is 0 Å². The smallest absolute Gasteiger partial charge is 0.148 e. The lowest BCUT2D eigenvalue weighted by atomic mass is 9.85. The van der Waals surface area contributed by atoms with Crippen LogP contribution in [0.25, 0.3) is 0 Å². The molecule has 1 aliphatic carbocycles. The van der Waals surface area contributed by atoms with Gasteiger partial charge in [0.25, 0.3) is 0 Å². The first-order valence-electron chi connectivity index (χ1n) is 6.19. The third-order valence-electron chi connectivity index (χ3n) is 3.70. The topological polar surface area (TPSA) is 26.0 Å². The summed E-state index contributed by atoms with van der Waals surface area (Å²) >= 11 is 0. The minimum atomic E-state index is -1.32. The van der Waals surface area contributed by atoms with Crippen molar-refractivity contribution in [3.63, 3.8) is 0 Å². The van der Waals surface area contributed by atoms with Crippen molar-refractivity contribution in [1.82, 2.24) is 0 Å². The van der Waals surface area contributed by atoms with Crippen molar-refractivity contribution in [2.75, 3.05) is 6.54 Å². The van der Waals surface area contributed by atoms with Crippen molar-refractivity contribution in [1.29, 1.82) is 0 Å². The van der Waals surface area contributed by atoms with Gasteiger partial charge in [0.1, 0.15) is 5.67 Å². The van der Waals surface area contributed by atoms with E-state index < -0.39 is 5.67 Å². The fraction of sp³-hybridized carbons (Fsp3) is 0.571. The van der Waals surface area contributed by atoms with Crippen LogP contribution in [0, 0.1) is 5.92 Å². The van der Waals surface area contributed by atoms with Crippen molar-refractivity contribution in [2.24, 2.45) is 11.7 Å². The van der Waals surface area contributed by atoms with Crippen molar-refractivity contribution in [3.8, 4) is 0 Å². The van der Waals surface area contributed by atoms with Gasteiger partial charge in [-0.1, -0.05) is 56.0 Å². The lowest BCUT2D eigenvalue weighted by molar-refractivity contribution is 0.132. The van der Waals surface area contributed by atoms with E-state index in [-0.39, 0.29) is 6.54 Å². The van der Waals surface area contributed by atoms with Crippen LogP contribution in [0.2, 0.25) is 0 Å². The van der Waals surface area contributed by atoms with E-state index >= 15 is 0 Å². The van der Waals surface area contributed by atoms with Gasteiger partial charge in [0.2, 0.25) is 0 Å². The standard InChI is InChI=1S/C14H20FN/c15-14(11-16,10-12-6-4-5-7-12)13-8-2-1-3-9-13/h1-3,8-9,12H,4-7,10-11,16H2. The summed E-state index contributed by atoms with van der Waals surface area (Å²) in [7, 11) is 0. The number of alkyl halides is 1. The molecule has 1 aliphatic rings. The highest BCUT2D eigenvalue weighted by Crippen LogP contribution is 2.38. The summed E-state index contributed by atoms with van der Waals surface area (Å²) in [6.45, 7) is 0.0908. The number of hydrogen-bond acceptors (Lipinski definition) is 1. The zero-order valence-electron chi connectivity index (χ0n) is 9.66. The Balaban J connectivity index is 2.12. The normalized spacial score (nSPS) is 20.9. The Morgan fingerprint density at radius 1 is 1.19 bits per heavy atom. The third kappa shape index (κ3) is 2.43. The molecule has 1 aromatic carbocycles. The summed E-state index contributed by atoms with van der Waals surface area (Å²) in [5.74, 6) is 0.522. The number of hydrogen-bond donors (Lipinski definition) is 1. The van der Waals surface area contributed by atoms with Gasteiger partial charge in [-0.05, 0) is 17.9 Å². The number of nitrogens with two attached hydrogens (primary N) is 1. The molecule has 0 amide bonds. The maximum Gasteiger partial charge on any atom is 0.148 e. The quantitative estimate of drug-likeness (QED) is 0.828. The molecule has 0 aliphatic heterocycles. The Morgan fingerprint density at radius 3 is 2.38 bits per heavy atom. The Kier molecular flexibility index (Phi) is 3.59. The van der Waals surface area contributed by atoms with Gasteiger partial charge in [0, 0.05) is 6.54 Å². The van der Waals surface area contributed by atoms with Gasteiger partial charge in [-0.25, -0.2) is 4.39 Å². The van der Waals surface area contributed by atoms with Crippen molar-refractivity contribution < 1.29 is 4.39 Å². The molecule has 1 unspecified atom stereocenters. The highest BCUT2D eigenvalue weighted by Gasteiger charge is 2.34. The number of benzene rings is 1. The second-order valence-electron chi connectivity index (χ2n) is 4.89. The maximum absolute atomic E-state index is 14.8. The lowest BCUT2D eigenvalue weighted by Crippen LogP contribution is -2.32. The molecular weight excluding hydrogens is 201 g/mol. The highest BCUT2D eigenvalue weighted by molar-refractivity contribution is 5.23. The molecule has 0 saturated heterocycles. The summed E-state index contributed by atoms with van der Waals surface area (Å²) in [4.78, 5) is 0. The zero-order chi connectivity index (χ0) is 11.4. The summed E-state index contributed by atoms with van der Waals surface area (Å²) in [5, 5.41) is 0. The number of rotatable bonds is 4. The van der Waals surface area contributed by atoms with Crippen LogP contribution < -0.4 is 5.73 Å². The molecule has 1 saturated carbocycles. The number of halogens is 1. The van der Waals surface area contributed by atoms with Gasteiger partial charge in [-0.2, -0.15) is 0 Å². The van der Waals surface area contributed by atoms with Gasteiger partial charge in [-0.15, -0.1) is 0 Å². The van der Waals surface area contributed by atoms with E-state index in [0.717, 1.165) is 5.56 Å². The van der Waals surface area contributed by atoms with Gasteiger partial charge >= 0.3 is 0 Å². The molecule has 2 heteroatoms. The molecule has 1 fully saturated rings. The molecular formula is C14H20FN. The first kappa shape index (κ1) is 11.6. The molecule has 0 bridgehead atoms.